The number of likely N-dealkylation sites (N-methyl/N-ethyl adjacent to an activating group) is 1. The largest absolute Gasteiger partial charge is 0.374 e. The third-order valence-corrected chi connectivity index (χ3v) is 3.98. The SMILES string of the molecule is C[C@H](Nc1ccc(C(C)(C)C)cc1)C(=O)N(C)c1ccccc1. The highest BCUT2D eigenvalue weighted by Gasteiger charge is 2.19. The highest BCUT2D eigenvalue weighted by Crippen LogP contribution is 2.24. The van der Waals surface area contributed by atoms with Gasteiger partial charge >= 0.3 is 0 Å². The molecule has 23 heavy (non-hydrogen) atoms. The van der Waals surface area contributed by atoms with E-state index in [0.29, 0.717) is 0 Å². The normalized spacial score (nSPS) is 12.6. The van der Waals surface area contributed by atoms with E-state index in [1.54, 1.807) is 11.9 Å². The maximum atomic E-state index is 12.5. The number of amides is 1. The summed E-state index contributed by atoms with van der Waals surface area (Å²) >= 11 is 0. The smallest absolute Gasteiger partial charge is 0.248 e. The first-order valence-corrected chi connectivity index (χ1v) is 7.99. The molecule has 0 fully saturated rings. The Morgan fingerprint density at radius 1 is 1.00 bits per heavy atom. The number of anilines is 2. The molecular weight excluding hydrogens is 284 g/mol. The van der Waals surface area contributed by atoms with Gasteiger partial charge in [0.15, 0.2) is 0 Å². The fourth-order valence-electron chi connectivity index (χ4n) is 2.45. The second-order valence-electron chi connectivity index (χ2n) is 6.93. The van der Waals surface area contributed by atoms with Gasteiger partial charge in [0, 0.05) is 18.4 Å². The van der Waals surface area contributed by atoms with Gasteiger partial charge in [0.2, 0.25) is 5.91 Å². The Kier molecular flexibility index (Phi) is 5.09. The van der Waals surface area contributed by atoms with E-state index in [9.17, 15) is 4.79 Å². The van der Waals surface area contributed by atoms with Crippen LogP contribution >= 0.6 is 0 Å². The van der Waals surface area contributed by atoms with E-state index in [-0.39, 0.29) is 17.4 Å². The quantitative estimate of drug-likeness (QED) is 0.905. The molecule has 2 aromatic carbocycles. The Morgan fingerprint density at radius 3 is 2.09 bits per heavy atom. The average molecular weight is 310 g/mol. The van der Waals surface area contributed by atoms with Crippen molar-refractivity contribution in [2.45, 2.75) is 39.2 Å². The highest BCUT2D eigenvalue weighted by atomic mass is 16.2. The number of rotatable bonds is 4. The van der Waals surface area contributed by atoms with Crippen LogP contribution < -0.4 is 10.2 Å². The summed E-state index contributed by atoms with van der Waals surface area (Å²) in [6, 6.07) is 17.7. The predicted molar refractivity (Wildman–Crippen MR) is 98.1 cm³/mol. The molecule has 0 spiro atoms. The van der Waals surface area contributed by atoms with E-state index in [1.807, 2.05) is 49.4 Å². The highest BCUT2D eigenvalue weighted by molar-refractivity contribution is 5.98. The molecule has 0 aliphatic carbocycles. The van der Waals surface area contributed by atoms with Gasteiger partial charge in [-0.15, -0.1) is 0 Å². The molecule has 0 saturated heterocycles. The second-order valence-corrected chi connectivity index (χ2v) is 6.93. The van der Waals surface area contributed by atoms with Crippen LogP contribution in [0.5, 0.6) is 0 Å². The van der Waals surface area contributed by atoms with Gasteiger partial charge < -0.3 is 10.2 Å². The standard InChI is InChI=1S/C20H26N2O/c1-15(19(23)22(5)18-9-7-6-8-10-18)21-17-13-11-16(12-14-17)20(2,3)4/h6-15,21H,1-5H3/t15-/m0/s1. The van der Waals surface area contributed by atoms with Crippen molar-refractivity contribution in [3.63, 3.8) is 0 Å². The summed E-state index contributed by atoms with van der Waals surface area (Å²) in [6.45, 7) is 8.46. The molecule has 0 aliphatic heterocycles. The third kappa shape index (κ3) is 4.35. The molecule has 1 N–H and O–H groups in total. The van der Waals surface area contributed by atoms with Crippen LogP contribution in [-0.2, 0) is 10.2 Å². The van der Waals surface area contributed by atoms with Crippen LogP contribution in [0, 0.1) is 0 Å². The van der Waals surface area contributed by atoms with Crippen LogP contribution in [0.2, 0.25) is 0 Å². The lowest BCUT2D eigenvalue weighted by Gasteiger charge is -2.23. The minimum absolute atomic E-state index is 0.0381. The van der Waals surface area contributed by atoms with E-state index < -0.39 is 0 Å². The molecule has 1 amide bonds. The first-order valence-electron chi connectivity index (χ1n) is 7.99. The summed E-state index contributed by atoms with van der Waals surface area (Å²) in [4.78, 5) is 14.2. The van der Waals surface area contributed by atoms with Gasteiger partial charge in [-0.1, -0.05) is 51.1 Å². The van der Waals surface area contributed by atoms with E-state index in [2.05, 4.69) is 38.2 Å². The Hall–Kier alpha value is -2.29. The summed E-state index contributed by atoms with van der Waals surface area (Å²) in [5, 5.41) is 3.28. The molecule has 3 nitrogen and oxygen atoms in total. The number of benzene rings is 2. The molecule has 0 radical (unpaired) electrons. The number of para-hydroxylation sites is 1. The molecule has 0 aromatic heterocycles. The van der Waals surface area contributed by atoms with Gasteiger partial charge in [0.25, 0.3) is 0 Å². The minimum atomic E-state index is -0.291. The Bertz CT molecular complexity index is 642. The molecule has 3 heteroatoms. The monoisotopic (exact) mass is 310 g/mol. The van der Waals surface area contributed by atoms with Crippen molar-refractivity contribution in [1.82, 2.24) is 0 Å². The number of hydrogen-bond donors (Lipinski definition) is 1. The molecule has 0 heterocycles. The predicted octanol–water partition coefficient (Wildman–Crippen LogP) is 4.45. The molecule has 0 bridgehead atoms. The van der Waals surface area contributed by atoms with Crippen molar-refractivity contribution in [3.8, 4) is 0 Å². The fraction of sp³-hybridized carbons (Fsp3) is 0.350. The molecular formula is C20H26N2O. The van der Waals surface area contributed by atoms with E-state index >= 15 is 0 Å². The van der Waals surface area contributed by atoms with Crippen LogP contribution in [0.15, 0.2) is 54.6 Å². The molecule has 0 aliphatic rings. The van der Waals surface area contributed by atoms with Gasteiger partial charge in [-0.3, -0.25) is 4.79 Å². The fourth-order valence-corrected chi connectivity index (χ4v) is 2.45. The molecule has 2 aromatic rings. The third-order valence-electron chi connectivity index (χ3n) is 3.98. The van der Waals surface area contributed by atoms with Crippen molar-refractivity contribution < 1.29 is 4.79 Å². The Balaban J connectivity index is 2.04. The summed E-state index contributed by atoms with van der Waals surface area (Å²) in [7, 11) is 1.80. The average Bonchev–Trinajstić information content (AvgIpc) is 2.54. The van der Waals surface area contributed by atoms with Gasteiger partial charge in [-0.2, -0.15) is 0 Å². The van der Waals surface area contributed by atoms with Gasteiger partial charge in [-0.25, -0.2) is 0 Å². The van der Waals surface area contributed by atoms with Crippen LogP contribution in [0.1, 0.15) is 33.3 Å². The maximum absolute atomic E-state index is 12.5. The van der Waals surface area contributed by atoms with Gasteiger partial charge in [0.05, 0.1) is 0 Å². The number of hydrogen-bond acceptors (Lipinski definition) is 2. The first kappa shape index (κ1) is 17.1. The van der Waals surface area contributed by atoms with Crippen LogP contribution in [0.25, 0.3) is 0 Å². The number of carbonyl (C=O) groups is 1. The summed E-state index contributed by atoms with van der Waals surface area (Å²) < 4.78 is 0. The second kappa shape index (κ2) is 6.86. The van der Waals surface area contributed by atoms with Crippen molar-refractivity contribution in [1.29, 1.82) is 0 Å². The van der Waals surface area contributed by atoms with Crippen molar-refractivity contribution in [2.24, 2.45) is 0 Å². The zero-order valence-corrected chi connectivity index (χ0v) is 14.6. The molecule has 122 valence electrons. The first-order chi connectivity index (χ1) is 10.8. The molecule has 1 atom stereocenters. The van der Waals surface area contributed by atoms with Gasteiger partial charge in [0.1, 0.15) is 6.04 Å². The number of carbonyl (C=O) groups excluding carboxylic acids is 1. The maximum Gasteiger partial charge on any atom is 0.248 e. The molecule has 0 unspecified atom stereocenters. The van der Waals surface area contributed by atoms with Crippen LogP contribution in [0.3, 0.4) is 0 Å². The molecule has 0 saturated carbocycles. The lowest BCUT2D eigenvalue weighted by Crippen LogP contribution is -2.39. The Labute approximate surface area is 139 Å². The molecule has 2 rings (SSSR count). The summed E-state index contributed by atoms with van der Waals surface area (Å²) in [5.41, 5.74) is 3.27. The van der Waals surface area contributed by atoms with E-state index in [1.165, 1.54) is 5.56 Å². The summed E-state index contributed by atoms with van der Waals surface area (Å²) in [5.74, 6) is 0.0381. The minimum Gasteiger partial charge on any atom is -0.374 e. The number of nitrogens with one attached hydrogen (secondary N) is 1. The Morgan fingerprint density at radius 2 is 1.57 bits per heavy atom. The van der Waals surface area contributed by atoms with Crippen molar-refractivity contribution >= 4 is 17.3 Å². The number of nitrogens with zero attached hydrogens (tertiary/aromatic N) is 1. The van der Waals surface area contributed by atoms with Crippen molar-refractivity contribution in [2.75, 3.05) is 17.3 Å². The van der Waals surface area contributed by atoms with E-state index in [0.717, 1.165) is 11.4 Å². The van der Waals surface area contributed by atoms with Crippen LogP contribution in [0.4, 0.5) is 11.4 Å². The van der Waals surface area contributed by atoms with Crippen LogP contribution in [-0.4, -0.2) is 19.0 Å². The zero-order chi connectivity index (χ0) is 17.0. The topological polar surface area (TPSA) is 32.3 Å². The van der Waals surface area contributed by atoms with E-state index in [4.69, 9.17) is 0 Å². The lowest BCUT2D eigenvalue weighted by atomic mass is 9.87. The summed E-state index contributed by atoms with van der Waals surface area (Å²) in [6.07, 6.45) is 0. The zero-order valence-electron chi connectivity index (χ0n) is 14.6. The lowest BCUT2D eigenvalue weighted by molar-refractivity contribution is -0.118. The van der Waals surface area contributed by atoms with Gasteiger partial charge in [-0.05, 0) is 42.2 Å². The van der Waals surface area contributed by atoms with Crippen molar-refractivity contribution in [3.05, 3.63) is 60.2 Å².